The summed E-state index contributed by atoms with van der Waals surface area (Å²) < 4.78 is 5.56. The van der Waals surface area contributed by atoms with Gasteiger partial charge >= 0.3 is 0 Å². The molecule has 3 nitrogen and oxygen atoms in total. The van der Waals surface area contributed by atoms with Crippen molar-refractivity contribution in [3.05, 3.63) is 0 Å². The lowest BCUT2D eigenvalue weighted by Gasteiger charge is -2.35. The number of nitrogens with zero attached hydrogens (tertiary/aromatic N) is 1. The van der Waals surface area contributed by atoms with Gasteiger partial charge in [0.2, 0.25) is 0 Å². The van der Waals surface area contributed by atoms with Gasteiger partial charge in [0.05, 0.1) is 6.61 Å². The molecule has 1 saturated heterocycles. The first-order valence-electron chi connectivity index (χ1n) is 7.31. The molecule has 0 amide bonds. The van der Waals surface area contributed by atoms with E-state index in [1.165, 1.54) is 38.5 Å². The van der Waals surface area contributed by atoms with Crippen molar-refractivity contribution < 1.29 is 4.74 Å². The Balaban J connectivity index is 1.79. The highest BCUT2D eigenvalue weighted by molar-refractivity contribution is 4.81. The van der Waals surface area contributed by atoms with Crippen LogP contribution < -0.4 is 5.73 Å². The molecule has 0 spiro atoms. The van der Waals surface area contributed by atoms with Crippen molar-refractivity contribution in [2.75, 3.05) is 26.8 Å². The van der Waals surface area contributed by atoms with E-state index >= 15 is 0 Å². The third kappa shape index (κ3) is 3.94. The average Bonchev–Trinajstić information content (AvgIpc) is 2.61. The van der Waals surface area contributed by atoms with Crippen LogP contribution in [0.1, 0.15) is 44.9 Å². The summed E-state index contributed by atoms with van der Waals surface area (Å²) in [6, 6.07) is 1.13. The van der Waals surface area contributed by atoms with Crippen molar-refractivity contribution in [1.82, 2.24) is 4.90 Å². The molecule has 0 radical (unpaired) electrons. The summed E-state index contributed by atoms with van der Waals surface area (Å²) in [5.74, 6) is 0.539. The Morgan fingerprint density at radius 3 is 2.47 bits per heavy atom. The SMILES string of the molecule is CN(CC1COCCC1N)C1CCCCCC1. The van der Waals surface area contributed by atoms with E-state index in [0.717, 1.165) is 32.2 Å². The smallest absolute Gasteiger partial charge is 0.0521 e. The Kier molecular flexibility index (Phi) is 5.26. The van der Waals surface area contributed by atoms with Crippen LogP contribution in [-0.2, 0) is 4.74 Å². The van der Waals surface area contributed by atoms with Gasteiger partial charge in [0.25, 0.3) is 0 Å². The van der Waals surface area contributed by atoms with Crippen molar-refractivity contribution >= 4 is 0 Å². The van der Waals surface area contributed by atoms with E-state index < -0.39 is 0 Å². The van der Waals surface area contributed by atoms with Gasteiger partial charge in [-0.2, -0.15) is 0 Å². The zero-order valence-corrected chi connectivity index (χ0v) is 11.2. The molecule has 0 bridgehead atoms. The van der Waals surface area contributed by atoms with E-state index in [9.17, 15) is 0 Å². The lowest BCUT2D eigenvalue weighted by molar-refractivity contribution is 0.0229. The van der Waals surface area contributed by atoms with Gasteiger partial charge in [0.15, 0.2) is 0 Å². The molecule has 2 unspecified atom stereocenters. The molecular weight excluding hydrogens is 212 g/mol. The van der Waals surface area contributed by atoms with Crippen LogP contribution in [0.3, 0.4) is 0 Å². The molecule has 1 saturated carbocycles. The number of hydrogen-bond donors (Lipinski definition) is 1. The molecule has 100 valence electrons. The molecule has 1 aliphatic carbocycles. The maximum atomic E-state index is 6.18. The predicted octanol–water partition coefficient (Wildman–Crippen LogP) is 2.00. The van der Waals surface area contributed by atoms with Crippen LogP contribution in [-0.4, -0.2) is 43.8 Å². The molecule has 2 fully saturated rings. The molecule has 2 rings (SSSR count). The molecule has 2 atom stereocenters. The van der Waals surface area contributed by atoms with E-state index in [1.54, 1.807) is 0 Å². The Morgan fingerprint density at radius 2 is 1.82 bits per heavy atom. The minimum Gasteiger partial charge on any atom is -0.381 e. The minimum atomic E-state index is 0.344. The molecule has 1 heterocycles. The maximum Gasteiger partial charge on any atom is 0.0521 e. The van der Waals surface area contributed by atoms with Crippen LogP contribution in [0.25, 0.3) is 0 Å². The highest BCUT2D eigenvalue weighted by Gasteiger charge is 2.26. The second kappa shape index (κ2) is 6.72. The molecule has 17 heavy (non-hydrogen) atoms. The highest BCUT2D eigenvalue weighted by atomic mass is 16.5. The zero-order chi connectivity index (χ0) is 12.1. The maximum absolute atomic E-state index is 6.18. The van der Waals surface area contributed by atoms with E-state index in [1.807, 2.05) is 0 Å². The Morgan fingerprint density at radius 1 is 1.12 bits per heavy atom. The fraction of sp³-hybridized carbons (Fsp3) is 1.00. The molecule has 2 N–H and O–H groups in total. The first kappa shape index (κ1) is 13.3. The third-order valence-electron chi connectivity index (χ3n) is 4.50. The van der Waals surface area contributed by atoms with Gasteiger partial charge in [-0.1, -0.05) is 25.7 Å². The minimum absolute atomic E-state index is 0.344. The van der Waals surface area contributed by atoms with Crippen LogP contribution in [0.15, 0.2) is 0 Å². The molecule has 0 aromatic heterocycles. The van der Waals surface area contributed by atoms with Gasteiger partial charge in [-0.25, -0.2) is 0 Å². The first-order valence-corrected chi connectivity index (χ1v) is 7.31. The van der Waals surface area contributed by atoms with Crippen molar-refractivity contribution in [1.29, 1.82) is 0 Å². The summed E-state index contributed by atoms with van der Waals surface area (Å²) in [4.78, 5) is 2.55. The summed E-state index contributed by atoms with van der Waals surface area (Å²) in [7, 11) is 2.28. The van der Waals surface area contributed by atoms with Crippen LogP contribution >= 0.6 is 0 Å². The largest absolute Gasteiger partial charge is 0.381 e. The standard InChI is InChI=1S/C14H28N2O/c1-16(13-6-4-2-3-5-7-13)10-12-11-17-9-8-14(12)15/h12-14H,2-11,15H2,1H3. The lowest BCUT2D eigenvalue weighted by Crippen LogP contribution is -2.46. The third-order valence-corrected chi connectivity index (χ3v) is 4.50. The lowest BCUT2D eigenvalue weighted by atomic mass is 9.95. The van der Waals surface area contributed by atoms with Gasteiger partial charge in [0.1, 0.15) is 0 Å². The molecule has 0 aromatic rings. The number of ether oxygens (including phenoxy) is 1. The van der Waals surface area contributed by atoms with Crippen molar-refractivity contribution in [3.63, 3.8) is 0 Å². The fourth-order valence-corrected chi connectivity index (χ4v) is 3.22. The second-order valence-electron chi connectivity index (χ2n) is 5.87. The number of rotatable bonds is 3. The van der Waals surface area contributed by atoms with Gasteiger partial charge in [0, 0.05) is 31.2 Å². The molecule has 3 heteroatoms. The first-order chi connectivity index (χ1) is 8.27. The fourth-order valence-electron chi connectivity index (χ4n) is 3.22. The Hall–Kier alpha value is -0.120. The molecule has 0 aromatic carbocycles. The number of hydrogen-bond acceptors (Lipinski definition) is 3. The van der Waals surface area contributed by atoms with E-state index in [2.05, 4.69) is 11.9 Å². The van der Waals surface area contributed by atoms with Crippen LogP contribution in [0.5, 0.6) is 0 Å². The summed E-state index contributed by atoms with van der Waals surface area (Å²) in [5, 5.41) is 0. The van der Waals surface area contributed by atoms with Crippen LogP contribution in [0, 0.1) is 5.92 Å². The Labute approximate surface area is 106 Å². The van der Waals surface area contributed by atoms with Crippen molar-refractivity contribution in [3.8, 4) is 0 Å². The molecule has 1 aliphatic heterocycles. The van der Waals surface area contributed by atoms with E-state index in [0.29, 0.717) is 12.0 Å². The second-order valence-corrected chi connectivity index (χ2v) is 5.87. The average molecular weight is 240 g/mol. The van der Waals surface area contributed by atoms with Gasteiger partial charge in [-0.3, -0.25) is 0 Å². The van der Waals surface area contributed by atoms with Crippen LogP contribution in [0.2, 0.25) is 0 Å². The van der Waals surface area contributed by atoms with Gasteiger partial charge in [-0.05, 0) is 26.3 Å². The summed E-state index contributed by atoms with van der Waals surface area (Å²) >= 11 is 0. The Bertz CT molecular complexity index is 214. The highest BCUT2D eigenvalue weighted by Crippen LogP contribution is 2.23. The monoisotopic (exact) mass is 240 g/mol. The van der Waals surface area contributed by atoms with Gasteiger partial charge < -0.3 is 15.4 Å². The number of nitrogens with two attached hydrogens (primary N) is 1. The van der Waals surface area contributed by atoms with Gasteiger partial charge in [-0.15, -0.1) is 0 Å². The summed E-state index contributed by atoms with van der Waals surface area (Å²) in [5.41, 5.74) is 6.18. The molecular formula is C14H28N2O. The van der Waals surface area contributed by atoms with E-state index in [4.69, 9.17) is 10.5 Å². The van der Waals surface area contributed by atoms with Crippen LogP contribution in [0.4, 0.5) is 0 Å². The quantitative estimate of drug-likeness (QED) is 0.767. The van der Waals surface area contributed by atoms with Crippen molar-refractivity contribution in [2.24, 2.45) is 11.7 Å². The summed E-state index contributed by atoms with van der Waals surface area (Å²) in [6.07, 6.45) is 9.44. The topological polar surface area (TPSA) is 38.5 Å². The molecule has 2 aliphatic rings. The predicted molar refractivity (Wildman–Crippen MR) is 71.0 cm³/mol. The normalized spacial score (nSPS) is 32.6. The van der Waals surface area contributed by atoms with E-state index in [-0.39, 0.29) is 0 Å². The zero-order valence-electron chi connectivity index (χ0n) is 11.2. The van der Waals surface area contributed by atoms with Crippen molar-refractivity contribution in [2.45, 2.75) is 57.0 Å². The summed E-state index contributed by atoms with van der Waals surface area (Å²) in [6.45, 7) is 2.83.